The molecule has 1 aliphatic rings. The van der Waals surface area contributed by atoms with E-state index in [1.54, 1.807) is 25.6 Å². The molecule has 122 valence electrons. The van der Waals surface area contributed by atoms with Gasteiger partial charge in [0.2, 0.25) is 0 Å². The van der Waals surface area contributed by atoms with Crippen molar-refractivity contribution in [3.8, 4) is 11.5 Å². The molecule has 1 saturated carbocycles. The fourth-order valence-corrected chi connectivity index (χ4v) is 4.15. The van der Waals surface area contributed by atoms with Crippen LogP contribution in [0, 0.1) is 0 Å². The van der Waals surface area contributed by atoms with Gasteiger partial charge in [-0.25, -0.2) is 4.98 Å². The number of rotatable bonds is 6. The second-order valence-corrected chi connectivity index (χ2v) is 6.58. The van der Waals surface area contributed by atoms with E-state index < -0.39 is 5.97 Å². The van der Waals surface area contributed by atoms with Crippen LogP contribution in [0.25, 0.3) is 0 Å². The van der Waals surface area contributed by atoms with E-state index in [9.17, 15) is 4.79 Å². The number of carboxylic acid groups (broad SMARTS) is 1. The molecule has 0 atom stereocenters. The van der Waals surface area contributed by atoms with Crippen molar-refractivity contribution in [2.75, 3.05) is 14.2 Å². The molecule has 0 aliphatic heterocycles. The van der Waals surface area contributed by atoms with Crippen LogP contribution in [0.5, 0.6) is 11.5 Å². The Kier molecular flexibility index (Phi) is 4.26. The van der Waals surface area contributed by atoms with Crippen molar-refractivity contribution in [3.63, 3.8) is 0 Å². The highest BCUT2D eigenvalue weighted by Crippen LogP contribution is 2.51. The molecule has 3 rings (SSSR count). The molecule has 1 N–H and O–H groups in total. The number of carboxylic acids is 1. The molecule has 6 heteroatoms. The summed E-state index contributed by atoms with van der Waals surface area (Å²) in [7, 11) is 3.25. The first-order chi connectivity index (χ1) is 11.1. The van der Waals surface area contributed by atoms with E-state index in [1.807, 2.05) is 17.5 Å². The summed E-state index contributed by atoms with van der Waals surface area (Å²) in [4.78, 5) is 15.5. The number of carbonyl (C=O) groups is 1. The van der Waals surface area contributed by atoms with Gasteiger partial charge in [-0.05, 0) is 30.5 Å². The zero-order chi connectivity index (χ0) is 16.4. The Balaban J connectivity index is 1.98. The summed E-state index contributed by atoms with van der Waals surface area (Å²) in [5.74, 6) is 0.561. The predicted molar refractivity (Wildman–Crippen MR) is 87.6 cm³/mol. The number of aliphatic carboxylic acids is 1. The Labute approximate surface area is 138 Å². The van der Waals surface area contributed by atoms with Gasteiger partial charge in [-0.15, -0.1) is 11.3 Å². The zero-order valence-electron chi connectivity index (χ0n) is 13.2. The minimum atomic E-state index is -0.851. The molecule has 2 aromatic rings. The summed E-state index contributed by atoms with van der Waals surface area (Å²) >= 11 is 1.55. The van der Waals surface area contributed by atoms with E-state index in [1.165, 1.54) is 0 Å². The molecule has 0 amide bonds. The Bertz CT molecular complexity index is 721. The van der Waals surface area contributed by atoms with Gasteiger partial charge in [0.1, 0.15) is 5.01 Å². The lowest BCUT2D eigenvalue weighted by Gasteiger charge is -2.41. The lowest BCUT2D eigenvalue weighted by Crippen LogP contribution is -2.35. The van der Waals surface area contributed by atoms with Gasteiger partial charge in [0, 0.05) is 10.8 Å². The Morgan fingerprint density at radius 2 is 2.04 bits per heavy atom. The summed E-state index contributed by atoms with van der Waals surface area (Å²) in [6.45, 7) is 0. The topological polar surface area (TPSA) is 68.7 Å². The van der Waals surface area contributed by atoms with Crippen molar-refractivity contribution in [2.24, 2.45) is 0 Å². The highest BCUT2D eigenvalue weighted by atomic mass is 32.1. The first kappa shape index (κ1) is 15.8. The van der Waals surface area contributed by atoms with Crippen LogP contribution >= 0.6 is 11.3 Å². The van der Waals surface area contributed by atoms with Gasteiger partial charge in [-0.1, -0.05) is 12.5 Å². The summed E-state index contributed by atoms with van der Waals surface area (Å²) < 4.78 is 10.7. The van der Waals surface area contributed by atoms with E-state index in [4.69, 9.17) is 14.6 Å². The summed E-state index contributed by atoms with van der Waals surface area (Å²) in [6.07, 6.45) is 3.14. The summed E-state index contributed by atoms with van der Waals surface area (Å²) in [5, 5.41) is 11.8. The van der Waals surface area contributed by atoms with Gasteiger partial charge in [0.25, 0.3) is 0 Å². The lowest BCUT2D eigenvalue weighted by molar-refractivity contribution is -0.136. The average Bonchev–Trinajstić information content (AvgIpc) is 2.93. The molecule has 0 spiro atoms. The van der Waals surface area contributed by atoms with Crippen LogP contribution in [0.4, 0.5) is 0 Å². The fourth-order valence-electron chi connectivity index (χ4n) is 3.05. The van der Waals surface area contributed by atoms with Crippen molar-refractivity contribution in [3.05, 3.63) is 39.8 Å². The number of thiazole rings is 1. The van der Waals surface area contributed by atoms with E-state index in [0.29, 0.717) is 17.2 Å². The van der Waals surface area contributed by atoms with Gasteiger partial charge >= 0.3 is 5.97 Å². The van der Waals surface area contributed by atoms with Crippen molar-refractivity contribution < 1.29 is 19.4 Å². The van der Waals surface area contributed by atoms with Crippen LogP contribution in [0.3, 0.4) is 0 Å². The van der Waals surface area contributed by atoms with Gasteiger partial charge in [-0.3, -0.25) is 4.79 Å². The highest BCUT2D eigenvalue weighted by Gasteiger charge is 2.43. The van der Waals surface area contributed by atoms with Crippen molar-refractivity contribution in [1.29, 1.82) is 0 Å². The highest BCUT2D eigenvalue weighted by molar-refractivity contribution is 7.09. The molecule has 5 nitrogen and oxygen atoms in total. The van der Waals surface area contributed by atoms with Crippen molar-refractivity contribution in [1.82, 2.24) is 4.98 Å². The fraction of sp³-hybridized carbons (Fsp3) is 0.412. The van der Waals surface area contributed by atoms with Gasteiger partial charge in [0.15, 0.2) is 11.5 Å². The van der Waals surface area contributed by atoms with Gasteiger partial charge in [-0.2, -0.15) is 0 Å². The maximum Gasteiger partial charge on any atom is 0.309 e. The summed E-state index contributed by atoms with van der Waals surface area (Å²) in [5.41, 5.74) is 1.66. The SMILES string of the molecule is COc1ccc(C2(c3nc(CC(=O)O)cs3)CCC2)cc1OC. The van der Waals surface area contributed by atoms with E-state index in [0.717, 1.165) is 29.8 Å². The molecule has 0 unspecified atom stereocenters. The molecule has 1 aliphatic carbocycles. The molecular formula is C17H19NO4S. The molecule has 1 heterocycles. The molecular weight excluding hydrogens is 314 g/mol. The third-order valence-electron chi connectivity index (χ3n) is 4.44. The quantitative estimate of drug-likeness (QED) is 0.879. The Hall–Kier alpha value is -2.08. The number of nitrogens with zero attached hydrogens (tertiary/aromatic N) is 1. The van der Waals surface area contributed by atoms with Gasteiger partial charge < -0.3 is 14.6 Å². The predicted octanol–water partition coefficient (Wildman–Crippen LogP) is 3.26. The standard InChI is InChI=1S/C17H19NO4S/c1-21-13-5-4-11(8-14(13)22-2)17(6-3-7-17)16-18-12(10-23-16)9-15(19)20/h4-5,8,10H,3,6-7,9H2,1-2H3,(H,19,20). The first-order valence-corrected chi connectivity index (χ1v) is 8.36. The lowest BCUT2D eigenvalue weighted by atomic mass is 9.65. The van der Waals surface area contributed by atoms with Crippen LogP contribution in [0.2, 0.25) is 0 Å². The third-order valence-corrected chi connectivity index (χ3v) is 5.53. The maximum absolute atomic E-state index is 10.9. The first-order valence-electron chi connectivity index (χ1n) is 7.48. The zero-order valence-corrected chi connectivity index (χ0v) is 14.0. The number of hydrogen-bond donors (Lipinski definition) is 1. The molecule has 0 bridgehead atoms. The normalized spacial score (nSPS) is 15.7. The number of aromatic nitrogens is 1. The second-order valence-electron chi connectivity index (χ2n) is 5.72. The van der Waals surface area contributed by atoms with Crippen LogP contribution in [-0.4, -0.2) is 30.3 Å². The number of hydrogen-bond acceptors (Lipinski definition) is 5. The smallest absolute Gasteiger partial charge is 0.309 e. The molecule has 1 aromatic carbocycles. The van der Waals surface area contributed by atoms with Crippen LogP contribution in [0.15, 0.2) is 23.6 Å². The van der Waals surface area contributed by atoms with E-state index >= 15 is 0 Å². The monoisotopic (exact) mass is 333 g/mol. The minimum Gasteiger partial charge on any atom is -0.493 e. The van der Waals surface area contributed by atoms with Crippen LogP contribution in [-0.2, 0) is 16.6 Å². The second kappa shape index (κ2) is 6.20. The molecule has 1 aromatic heterocycles. The van der Waals surface area contributed by atoms with Crippen molar-refractivity contribution >= 4 is 17.3 Å². The molecule has 0 radical (unpaired) electrons. The Morgan fingerprint density at radius 3 is 2.61 bits per heavy atom. The molecule has 23 heavy (non-hydrogen) atoms. The third kappa shape index (κ3) is 2.79. The average molecular weight is 333 g/mol. The minimum absolute atomic E-state index is 0.0293. The number of benzene rings is 1. The maximum atomic E-state index is 10.9. The van der Waals surface area contributed by atoms with Gasteiger partial charge in [0.05, 0.1) is 26.3 Å². The number of methoxy groups -OCH3 is 2. The van der Waals surface area contributed by atoms with E-state index in [-0.39, 0.29) is 11.8 Å². The largest absolute Gasteiger partial charge is 0.493 e. The van der Waals surface area contributed by atoms with Crippen LogP contribution < -0.4 is 9.47 Å². The van der Waals surface area contributed by atoms with E-state index in [2.05, 4.69) is 11.1 Å². The molecule has 1 fully saturated rings. The Morgan fingerprint density at radius 1 is 1.30 bits per heavy atom. The molecule has 0 saturated heterocycles. The van der Waals surface area contributed by atoms with Crippen molar-refractivity contribution in [2.45, 2.75) is 31.1 Å². The number of ether oxygens (including phenoxy) is 2. The van der Waals surface area contributed by atoms with Crippen LogP contribution in [0.1, 0.15) is 35.5 Å². The summed E-state index contributed by atoms with van der Waals surface area (Å²) in [6, 6.07) is 5.98.